The van der Waals surface area contributed by atoms with Crippen molar-refractivity contribution in [1.29, 1.82) is 0 Å². The number of carbonyl (C=O) groups is 1. The van der Waals surface area contributed by atoms with Crippen molar-refractivity contribution in [2.75, 3.05) is 32.8 Å². The zero-order valence-corrected chi connectivity index (χ0v) is 20.2. The van der Waals surface area contributed by atoms with Crippen LogP contribution in [0.1, 0.15) is 32.3 Å². The maximum absolute atomic E-state index is 13.1. The number of hydrogen-bond acceptors (Lipinski definition) is 4. The van der Waals surface area contributed by atoms with Crippen LogP contribution in [0.5, 0.6) is 11.5 Å². The summed E-state index contributed by atoms with van der Waals surface area (Å²) in [7, 11) is 0. The second-order valence-corrected chi connectivity index (χ2v) is 9.49. The minimum Gasteiger partial charge on any atom is -0.494 e. The van der Waals surface area contributed by atoms with E-state index in [1.54, 1.807) is 24.3 Å². The molecule has 0 saturated carbocycles. The monoisotopic (exact) mass is 498 g/mol. The Balaban J connectivity index is 1.40. The number of rotatable bonds is 9. The summed E-state index contributed by atoms with van der Waals surface area (Å²) in [6, 6.07) is 13.1. The molecule has 5 nitrogen and oxygen atoms in total. The molecular formula is C25H30ClF3N2O3. The lowest BCUT2D eigenvalue weighted by molar-refractivity contribution is -0.274. The molecule has 0 bridgehead atoms. The van der Waals surface area contributed by atoms with Crippen molar-refractivity contribution in [3.05, 3.63) is 59.1 Å². The van der Waals surface area contributed by atoms with Crippen LogP contribution in [0.15, 0.2) is 48.5 Å². The summed E-state index contributed by atoms with van der Waals surface area (Å²) in [5, 5.41) is 0.660. The van der Waals surface area contributed by atoms with Crippen molar-refractivity contribution in [3.8, 4) is 11.5 Å². The molecule has 3 rings (SSSR count). The molecule has 9 heteroatoms. The molecule has 1 saturated heterocycles. The number of halogens is 4. The molecule has 0 atom stereocenters. The Morgan fingerprint density at radius 3 is 2.12 bits per heavy atom. The SMILES string of the molecule is CC(C)(CCCOc1ccc(Cl)cc1)C(=O)N1CCN(Cc2ccc(OC(F)(F)F)cc2)CC1. The predicted molar refractivity (Wildman–Crippen MR) is 125 cm³/mol. The third-order valence-corrected chi connectivity index (χ3v) is 6.08. The molecule has 2 aromatic carbocycles. The molecule has 1 aliphatic heterocycles. The molecule has 34 heavy (non-hydrogen) atoms. The van der Waals surface area contributed by atoms with Crippen LogP contribution in [0.3, 0.4) is 0 Å². The summed E-state index contributed by atoms with van der Waals surface area (Å²) in [5.41, 5.74) is 0.412. The summed E-state index contributed by atoms with van der Waals surface area (Å²) in [6.07, 6.45) is -3.22. The first-order valence-corrected chi connectivity index (χ1v) is 11.6. The van der Waals surface area contributed by atoms with Crippen molar-refractivity contribution in [3.63, 3.8) is 0 Å². The first-order chi connectivity index (χ1) is 16.0. The van der Waals surface area contributed by atoms with Gasteiger partial charge in [-0.2, -0.15) is 0 Å². The molecule has 0 N–H and O–H groups in total. The van der Waals surface area contributed by atoms with Crippen LogP contribution in [0.25, 0.3) is 0 Å². The van der Waals surface area contributed by atoms with Crippen molar-refractivity contribution in [2.45, 2.75) is 39.6 Å². The summed E-state index contributed by atoms with van der Waals surface area (Å²) in [4.78, 5) is 17.2. The zero-order valence-electron chi connectivity index (χ0n) is 19.4. The molecule has 0 spiro atoms. The standard InChI is InChI=1S/C25H30ClF3N2O3/c1-24(2,12-3-17-33-21-10-6-20(26)7-11-21)23(32)31-15-13-30(14-16-31)18-19-4-8-22(9-5-19)34-25(27,28)29/h4-11H,3,12-18H2,1-2H3. The second kappa shape index (κ2) is 11.3. The Labute approximate surface area is 203 Å². The quantitative estimate of drug-likeness (QED) is 0.412. The van der Waals surface area contributed by atoms with E-state index in [2.05, 4.69) is 9.64 Å². The maximum Gasteiger partial charge on any atom is 0.573 e. The lowest BCUT2D eigenvalue weighted by atomic mass is 9.86. The fourth-order valence-electron chi connectivity index (χ4n) is 3.93. The number of amides is 1. The fraction of sp³-hybridized carbons (Fsp3) is 0.480. The van der Waals surface area contributed by atoms with E-state index in [0.29, 0.717) is 50.8 Å². The van der Waals surface area contributed by atoms with E-state index >= 15 is 0 Å². The van der Waals surface area contributed by atoms with Crippen LogP contribution < -0.4 is 9.47 Å². The first-order valence-electron chi connectivity index (χ1n) is 11.3. The van der Waals surface area contributed by atoms with Crippen LogP contribution >= 0.6 is 11.6 Å². The molecule has 1 heterocycles. The Bertz CT molecular complexity index is 926. The van der Waals surface area contributed by atoms with Crippen molar-refractivity contribution < 1.29 is 27.4 Å². The molecule has 1 aliphatic rings. The van der Waals surface area contributed by atoms with Gasteiger partial charge in [0.25, 0.3) is 0 Å². The molecule has 1 fully saturated rings. The van der Waals surface area contributed by atoms with Gasteiger partial charge in [0, 0.05) is 43.2 Å². The third-order valence-electron chi connectivity index (χ3n) is 5.83. The number of carbonyl (C=O) groups excluding carboxylic acids is 1. The average molecular weight is 499 g/mol. The number of piperazine rings is 1. The molecule has 0 aliphatic carbocycles. The Kier molecular flexibility index (Phi) is 8.71. The van der Waals surface area contributed by atoms with Gasteiger partial charge in [0.15, 0.2) is 0 Å². The van der Waals surface area contributed by atoms with Crippen LogP contribution in [-0.4, -0.2) is 54.9 Å². The van der Waals surface area contributed by atoms with Crippen molar-refractivity contribution in [2.24, 2.45) is 5.41 Å². The topological polar surface area (TPSA) is 42.0 Å². The average Bonchev–Trinajstić information content (AvgIpc) is 2.78. The van der Waals surface area contributed by atoms with Crippen molar-refractivity contribution >= 4 is 17.5 Å². The van der Waals surface area contributed by atoms with E-state index in [-0.39, 0.29) is 11.7 Å². The van der Waals surface area contributed by atoms with Gasteiger partial charge >= 0.3 is 6.36 Å². The summed E-state index contributed by atoms with van der Waals surface area (Å²) >= 11 is 5.88. The van der Waals surface area contributed by atoms with Crippen LogP contribution in [0.2, 0.25) is 5.02 Å². The van der Waals surface area contributed by atoms with E-state index < -0.39 is 11.8 Å². The van der Waals surface area contributed by atoms with Crippen LogP contribution in [0.4, 0.5) is 13.2 Å². The lowest BCUT2D eigenvalue weighted by Crippen LogP contribution is -2.51. The van der Waals surface area contributed by atoms with Gasteiger partial charge in [-0.15, -0.1) is 13.2 Å². The largest absolute Gasteiger partial charge is 0.573 e. The number of alkyl halides is 3. The van der Waals surface area contributed by atoms with Gasteiger partial charge in [-0.05, 0) is 54.8 Å². The smallest absolute Gasteiger partial charge is 0.494 e. The highest BCUT2D eigenvalue weighted by molar-refractivity contribution is 6.30. The third kappa shape index (κ3) is 8.09. The maximum atomic E-state index is 13.1. The van der Waals surface area contributed by atoms with Gasteiger partial charge in [0.2, 0.25) is 5.91 Å². The van der Waals surface area contributed by atoms with Gasteiger partial charge < -0.3 is 14.4 Å². The van der Waals surface area contributed by atoms with Gasteiger partial charge in [-0.3, -0.25) is 9.69 Å². The molecule has 1 amide bonds. The van der Waals surface area contributed by atoms with E-state index in [1.165, 1.54) is 12.1 Å². The Morgan fingerprint density at radius 1 is 0.941 bits per heavy atom. The first kappa shape index (κ1) is 26.2. The number of nitrogens with zero attached hydrogens (tertiary/aromatic N) is 2. The van der Waals surface area contributed by atoms with Crippen LogP contribution in [0, 0.1) is 5.41 Å². The van der Waals surface area contributed by atoms with E-state index in [1.807, 2.05) is 30.9 Å². The minimum atomic E-state index is -4.69. The van der Waals surface area contributed by atoms with Crippen LogP contribution in [-0.2, 0) is 11.3 Å². The molecule has 0 aromatic heterocycles. The normalized spacial score (nSPS) is 15.3. The molecular weight excluding hydrogens is 469 g/mol. The highest BCUT2D eigenvalue weighted by atomic mass is 35.5. The Hall–Kier alpha value is -2.45. The van der Waals surface area contributed by atoms with Gasteiger partial charge in [0.1, 0.15) is 11.5 Å². The van der Waals surface area contributed by atoms with E-state index in [0.717, 1.165) is 17.7 Å². The summed E-state index contributed by atoms with van der Waals surface area (Å²) < 4.78 is 46.5. The summed E-state index contributed by atoms with van der Waals surface area (Å²) in [6.45, 7) is 7.74. The van der Waals surface area contributed by atoms with Crippen molar-refractivity contribution in [1.82, 2.24) is 9.80 Å². The minimum absolute atomic E-state index is 0.132. The highest BCUT2D eigenvalue weighted by Gasteiger charge is 2.33. The number of benzene rings is 2. The molecule has 0 radical (unpaired) electrons. The second-order valence-electron chi connectivity index (χ2n) is 9.05. The molecule has 0 unspecified atom stereocenters. The van der Waals surface area contributed by atoms with E-state index in [4.69, 9.17) is 16.3 Å². The van der Waals surface area contributed by atoms with Gasteiger partial charge in [0.05, 0.1) is 6.61 Å². The zero-order chi connectivity index (χ0) is 24.8. The fourth-order valence-corrected chi connectivity index (χ4v) is 4.06. The molecule has 2 aromatic rings. The van der Waals surface area contributed by atoms with Gasteiger partial charge in [-0.25, -0.2) is 0 Å². The predicted octanol–water partition coefficient (Wildman–Crippen LogP) is 5.77. The van der Waals surface area contributed by atoms with Gasteiger partial charge in [-0.1, -0.05) is 37.6 Å². The Morgan fingerprint density at radius 2 is 1.53 bits per heavy atom. The highest BCUT2D eigenvalue weighted by Crippen LogP contribution is 2.27. The van der Waals surface area contributed by atoms with E-state index in [9.17, 15) is 18.0 Å². The number of hydrogen-bond donors (Lipinski definition) is 0. The summed E-state index contributed by atoms with van der Waals surface area (Å²) in [5.74, 6) is 0.659. The lowest BCUT2D eigenvalue weighted by Gasteiger charge is -2.38. The number of ether oxygens (including phenoxy) is 2. The molecule has 186 valence electrons.